The first-order valence-electron chi connectivity index (χ1n) is 11.5. The van der Waals surface area contributed by atoms with Gasteiger partial charge in [0.15, 0.2) is 0 Å². The topological polar surface area (TPSA) is 122 Å². The van der Waals surface area contributed by atoms with Crippen molar-refractivity contribution in [2.24, 2.45) is 0 Å². The highest BCUT2D eigenvalue weighted by Gasteiger charge is 2.24. The fourth-order valence-corrected chi connectivity index (χ4v) is 4.52. The normalized spacial score (nSPS) is 13.4. The molecule has 1 amide bonds. The Morgan fingerprint density at radius 1 is 1.06 bits per heavy atom. The van der Waals surface area contributed by atoms with Crippen LogP contribution in [0.1, 0.15) is 28.8 Å². The summed E-state index contributed by atoms with van der Waals surface area (Å²) in [6.07, 6.45) is 3.64. The Morgan fingerprint density at radius 2 is 1.89 bits per heavy atom. The van der Waals surface area contributed by atoms with Crippen molar-refractivity contribution >= 4 is 38.3 Å². The molecule has 1 saturated carbocycles. The number of carbonyl (C=O) groups excluding carboxylic acids is 1. The number of fused-ring (bicyclic) bond motifs is 1. The van der Waals surface area contributed by atoms with Gasteiger partial charge in [0, 0.05) is 29.6 Å². The van der Waals surface area contributed by atoms with Crippen molar-refractivity contribution in [3.05, 3.63) is 84.1 Å². The van der Waals surface area contributed by atoms with Gasteiger partial charge in [0.2, 0.25) is 21.9 Å². The molecule has 10 heteroatoms. The molecule has 3 aromatic carbocycles. The molecule has 0 radical (unpaired) electrons. The molecule has 1 aliphatic carbocycles. The molecule has 5 rings (SSSR count). The lowest BCUT2D eigenvalue weighted by atomic mass is 10.0. The average molecular weight is 504 g/mol. The van der Waals surface area contributed by atoms with Gasteiger partial charge < -0.3 is 15.4 Å². The first kappa shape index (κ1) is 23.7. The smallest absolute Gasteiger partial charge is 0.252 e. The lowest BCUT2D eigenvalue weighted by Crippen LogP contribution is -2.25. The Balaban J connectivity index is 1.31. The summed E-state index contributed by atoms with van der Waals surface area (Å²) in [6, 6.07) is 20.1. The molecule has 1 heterocycles. The summed E-state index contributed by atoms with van der Waals surface area (Å²) in [5, 5.41) is 7.86. The molecule has 1 fully saturated rings. The van der Waals surface area contributed by atoms with E-state index in [4.69, 9.17) is 4.74 Å². The predicted octanol–water partition coefficient (Wildman–Crippen LogP) is 4.11. The first-order chi connectivity index (χ1) is 17.4. The summed E-state index contributed by atoms with van der Waals surface area (Å²) in [5.41, 5.74) is 1.92. The summed E-state index contributed by atoms with van der Waals surface area (Å²) in [6.45, 7) is 0. The molecule has 184 valence electrons. The highest BCUT2D eigenvalue weighted by molar-refractivity contribution is 7.88. The van der Waals surface area contributed by atoms with Crippen molar-refractivity contribution in [1.29, 1.82) is 0 Å². The molecule has 4 aromatic rings. The van der Waals surface area contributed by atoms with E-state index >= 15 is 0 Å². The van der Waals surface area contributed by atoms with Crippen molar-refractivity contribution in [3.8, 4) is 11.6 Å². The number of hydrogen-bond acceptors (Lipinski definition) is 7. The number of carbonyl (C=O) groups is 1. The third kappa shape index (κ3) is 5.78. The predicted molar refractivity (Wildman–Crippen MR) is 138 cm³/mol. The Bertz CT molecular complexity index is 1540. The Hall–Kier alpha value is -4.02. The SMILES string of the molecule is CNS(=O)(=O)Cc1cccc(Nc2nccc(Oc3ccc4c(C(=O)NC5CC5)cccc4c3)n2)c1. The van der Waals surface area contributed by atoms with Crippen LogP contribution < -0.4 is 20.1 Å². The van der Waals surface area contributed by atoms with E-state index in [9.17, 15) is 13.2 Å². The highest BCUT2D eigenvalue weighted by atomic mass is 32.2. The maximum absolute atomic E-state index is 12.6. The van der Waals surface area contributed by atoms with E-state index in [0.29, 0.717) is 40.4 Å². The second-order valence-corrected chi connectivity index (χ2v) is 10.5. The molecule has 1 aliphatic rings. The Labute approximate surface area is 209 Å². The van der Waals surface area contributed by atoms with Gasteiger partial charge in [-0.25, -0.2) is 18.1 Å². The molecule has 0 bridgehead atoms. The van der Waals surface area contributed by atoms with Crippen LogP contribution in [0.4, 0.5) is 11.6 Å². The van der Waals surface area contributed by atoms with E-state index < -0.39 is 10.0 Å². The number of rotatable bonds is 9. The van der Waals surface area contributed by atoms with Crippen LogP contribution >= 0.6 is 0 Å². The zero-order valence-corrected chi connectivity index (χ0v) is 20.4. The van der Waals surface area contributed by atoms with Crippen LogP contribution in [0.15, 0.2) is 72.9 Å². The van der Waals surface area contributed by atoms with Crippen molar-refractivity contribution < 1.29 is 17.9 Å². The van der Waals surface area contributed by atoms with Crippen molar-refractivity contribution in [2.45, 2.75) is 24.6 Å². The number of amides is 1. The van der Waals surface area contributed by atoms with Gasteiger partial charge in [0.1, 0.15) is 5.75 Å². The van der Waals surface area contributed by atoms with Gasteiger partial charge in [0.05, 0.1) is 5.75 Å². The molecule has 3 N–H and O–H groups in total. The molecule has 1 aromatic heterocycles. The maximum atomic E-state index is 12.6. The minimum atomic E-state index is -3.38. The molecule has 36 heavy (non-hydrogen) atoms. The number of sulfonamides is 1. The fourth-order valence-electron chi connectivity index (χ4n) is 3.75. The van der Waals surface area contributed by atoms with E-state index in [0.717, 1.165) is 23.6 Å². The maximum Gasteiger partial charge on any atom is 0.252 e. The summed E-state index contributed by atoms with van der Waals surface area (Å²) in [5.74, 6) is 1.03. The summed E-state index contributed by atoms with van der Waals surface area (Å²) >= 11 is 0. The summed E-state index contributed by atoms with van der Waals surface area (Å²) < 4.78 is 32.0. The molecular formula is C26H25N5O4S. The number of anilines is 2. The van der Waals surface area contributed by atoms with Gasteiger partial charge in [-0.3, -0.25) is 4.79 Å². The second-order valence-electron chi connectivity index (χ2n) is 8.55. The number of nitrogens with one attached hydrogen (secondary N) is 3. The quantitative estimate of drug-likeness (QED) is 0.314. The van der Waals surface area contributed by atoms with Gasteiger partial charge in [-0.15, -0.1) is 0 Å². The van der Waals surface area contributed by atoms with Crippen LogP contribution in [0.2, 0.25) is 0 Å². The van der Waals surface area contributed by atoms with Crippen molar-refractivity contribution in [1.82, 2.24) is 20.0 Å². The number of benzene rings is 3. The van der Waals surface area contributed by atoms with Gasteiger partial charge in [-0.2, -0.15) is 4.98 Å². The molecule has 0 spiro atoms. The minimum Gasteiger partial charge on any atom is -0.439 e. The summed E-state index contributed by atoms with van der Waals surface area (Å²) in [7, 11) is -1.99. The van der Waals surface area contributed by atoms with Crippen LogP contribution in [-0.2, 0) is 15.8 Å². The number of hydrogen-bond donors (Lipinski definition) is 3. The molecule has 0 unspecified atom stereocenters. The lowest BCUT2D eigenvalue weighted by molar-refractivity contribution is 0.0952. The molecule has 0 saturated heterocycles. The van der Waals surface area contributed by atoms with Crippen LogP contribution in [0.5, 0.6) is 11.6 Å². The third-order valence-corrected chi connectivity index (χ3v) is 7.05. The molecule has 0 atom stereocenters. The van der Waals surface area contributed by atoms with E-state index in [-0.39, 0.29) is 11.7 Å². The molecule has 9 nitrogen and oxygen atoms in total. The Kier molecular flexibility index (Phi) is 6.53. The monoisotopic (exact) mass is 503 g/mol. The number of aromatic nitrogens is 2. The van der Waals surface area contributed by atoms with Crippen molar-refractivity contribution in [2.75, 3.05) is 12.4 Å². The number of ether oxygens (including phenoxy) is 1. The summed E-state index contributed by atoms with van der Waals surface area (Å²) in [4.78, 5) is 21.2. The average Bonchev–Trinajstić information content (AvgIpc) is 3.68. The van der Waals surface area contributed by atoms with Crippen LogP contribution in [0, 0.1) is 0 Å². The van der Waals surface area contributed by atoms with Gasteiger partial charge in [0.25, 0.3) is 5.91 Å². The zero-order valence-electron chi connectivity index (χ0n) is 19.6. The van der Waals surface area contributed by atoms with Crippen LogP contribution in [-0.4, -0.2) is 37.4 Å². The highest BCUT2D eigenvalue weighted by Crippen LogP contribution is 2.28. The first-order valence-corrected chi connectivity index (χ1v) is 13.2. The Morgan fingerprint density at radius 3 is 2.69 bits per heavy atom. The van der Waals surface area contributed by atoms with Gasteiger partial charge in [-0.05, 0) is 72.6 Å². The van der Waals surface area contributed by atoms with Crippen LogP contribution in [0.25, 0.3) is 10.8 Å². The molecular weight excluding hydrogens is 478 g/mol. The third-order valence-electron chi connectivity index (χ3n) is 5.71. The largest absolute Gasteiger partial charge is 0.439 e. The fraction of sp³-hybridized carbons (Fsp3) is 0.192. The van der Waals surface area contributed by atoms with Crippen molar-refractivity contribution in [3.63, 3.8) is 0 Å². The second kappa shape index (κ2) is 9.92. The van der Waals surface area contributed by atoms with Gasteiger partial charge >= 0.3 is 0 Å². The van der Waals surface area contributed by atoms with E-state index in [1.807, 2.05) is 30.3 Å². The molecule has 0 aliphatic heterocycles. The lowest BCUT2D eigenvalue weighted by Gasteiger charge is -2.11. The van der Waals surface area contributed by atoms with E-state index in [1.54, 1.807) is 42.6 Å². The van der Waals surface area contributed by atoms with E-state index in [2.05, 4.69) is 25.3 Å². The van der Waals surface area contributed by atoms with Crippen LogP contribution in [0.3, 0.4) is 0 Å². The number of nitrogens with zero attached hydrogens (tertiary/aromatic N) is 2. The van der Waals surface area contributed by atoms with E-state index in [1.165, 1.54) is 7.05 Å². The van der Waals surface area contributed by atoms with Gasteiger partial charge in [-0.1, -0.05) is 24.3 Å². The zero-order chi connectivity index (χ0) is 25.1. The standard InChI is InChI=1S/C26H25N5O4S/c1-27-36(33,34)16-17-4-2-6-20(14-17)30-26-28-13-12-24(31-26)35-21-10-11-22-18(15-21)5-3-7-23(22)25(32)29-19-8-9-19/h2-7,10-15,19,27H,8-9,16H2,1H3,(H,29,32)(H,28,30,31). The minimum absolute atomic E-state index is 0.0593.